The number of esters is 1. The molecule has 5 nitrogen and oxygen atoms in total. The van der Waals surface area contributed by atoms with Crippen LogP contribution >= 0.6 is 15.9 Å². The van der Waals surface area contributed by atoms with Crippen LogP contribution in [0.15, 0.2) is 16.6 Å². The molecule has 0 atom stereocenters. The maximum Gasteiger partial charge on any atom is 0.387 e. The van der Waals surface area contributed by atoms with E-state index in [9.17, 15) is 13.6 Å². The highest BCUT2D eigenvalue weighted by Crippen LogP contribution is 2.34. The van der Waals surface area contributed by atoms with Gasteiger partial charge < -0.3 is 19.1 Å². The van der Waals surface area contributed by atoms with E-state index in [2.05, 4.69) is 25.4 Å². The molecule has 8 heteroatoms. The number of halogens is 3. The van der Waals surface area contributed by atoms with Gasteiger partial charge in [0.2, 0.25) is 0 Å². The van der Waals surface area contributed by atoms with Crippen LogP contribution in [0.4, 0.5) is 8.78 Å². The molecule has 0 bridgehead atoms. The van der Waals surface area contributed by atoms with E-state index in [0.29, 0.717) is 11.0 Å². The van der Waals surface area contributed by atoms with Crippen molar-refractivity contribution in [1.82, 2.24) is 4.90 Å². The first-order valence-corrected chi connectivity index (χ1v) is 6.78. The average Bonchev–Trinajstić information content (AvgIpc) is 2.36. The van der Waals surface area contributed by atoms with E-state index >= 15 is 0 Å². The molecule has 0 saturated heterocycles. The third-order valence-electron chi connectivity index (χ3n) is 2.43. The lowest BCUT2D eigenvalue weighted by molar-refractivity contribution is -0.0505. The number of hydrogen-bond acceptors (Lipinski definition) is 5. The summed E-state index contributed by atoms with van der Waals surface area (Å²) < 4.78 is 39.8. The van der Waals surface area contributed by atoms with Crippen LogP contribution in [0.1, 0.15) is 10.4 Å². The van der Waals surface area contributed by atoms with Gasteiger partial charge in [0.25, 0.3) is 0 Å². The Kier molecular flexibility index (Phi) is 6.83. The normalized spacial score (nSPS) is 10.9. The number of hydrogen-bond donors (Lipinski definition) is 0. The number of ether oxygens (including phenoxy) is 3. The molecule has 0 heterocycles. The molecule has 0 amide bonds. The van der Waals surface area contributed by atoms with Gasteiger partial charge in [-0.25, -0.2) is 4.79 Å². The van der Waals surface area contributed by atoms with Crippen molar-refractivity contribution in [2.24, 2.45) is 0 Å². The van der Waals surface area contributed by atoms with E-state index < -0.39 is 12.6 Å². The standard InChI is InChI=1S/C13H16BrF2NO4/c1-17(2)4-5-20-9-6-8(14)7-10(21-13(15)16)11(9)12(18)19-3/h6-7,13H,4-5H2,1-3H3. The van der Waals surface area contributed by atoms with Crippen molar-refractivity contribution in [3.8, 4) is 11.5 Å². The lowest BCUT2D eigenvalue weighted by Gasteiger charge is -2.16. The average molecular weight is 368 g/mol. The molecule has 1 aromatic carbocycles. The van der Waals surface area contributed by atoms with Crippen molar-refractivity contribution in [1.29, 1.82) is 0 Å². The Morgan fingerprint density at radius 2 is 1.95 bits per heavy atom. The molecule has 0 N–H and O–H groups in total. The Labute approximate surface area is 129 Å². The number of alkyl halides is 2. The first-order chi connectivity index (χ1) is 9.85. The number of carbonyl (C=O) groups is 1. The minimum Gasteiger partial charge on any atom is -0.491 e. The maximum absolute atomic E-state index is 12.5. The van der Waals surface area contributed by atoms with E-state index in [-0.39, 0.29) is 23.7 Å². The van der Waals surface area contributed by atoms with Gasteiger partial charge in [-0.15, -0.1) is 0 Å². The maximum atomic E-state index is 12.5. The van der Waals surface area contributed by atoms with Crippen molar-refractivity contribution in [3.63, 3.8) is 0 Å². The van der Waals surface area contributed by atoms with Crippen molar-refractivity contribution in [2.45, 2.75) is 6.61 Å². The topological polar surface area (TPSA) is 48.0 Å². The smallest absolute Gasteiger partial charge is 0.387 e. The quantitative estimate of drug-likeness (QED) is 0.693. The molecule has 0 spiro atoms. The minimum atomic E-state index is -3.06. The third-order valence-corrected chi connectivity index (χ3v) is 2.89. The molecular weight excluding hydrogens is 352 g/mol. The fourth-order valence-corrected chi connectivity index (χ4v) is 1.92. The Bertz CT molecular complexity index is 497. The second-order valence-electron chi connectivity index (χ2n) is 4.30. The summed E-state index contributed by atoms with van der Waals surface area (Å²) in [5, 5.41) is 0. The molecule has 0 unspecified atom stereocenters. The number of benzene rings is 1. The predicted molar refractivity (Wildman–Crippen MR) is 76.2 cm³/mol. The van der Waals surface area contributed by atoms with Crippen molar-refractivity contribution in [3.05, 3.63) is 22.2 Å². The van der Waals surface area contributed by atoms with E-state index in [0.717, 1.165) is 7.11 Å². The van der Waals surface area contributed by atoms with Crippen molar-refractivity contribution < 1.29 is 27.8 Å². The molecular formula is C13H16BrF2NO4. The number of carbonyl (C=O) groups excluding carboxylic acids is 1. The Morgan fingerprint density at radius 3 is 2.48 bits per heavy atom. The van der Waals surface area contributed by atoms with E-state index in [1.807, 2.05) is 19.0 Å². The lowest BCUT2D eigenvalue weighted by atomic mass is 10.2. The SMILES string of the molecule is COC(=O)c1c(OCCN(C)C)cc(Br)cc1OC(F)F. The highest BCUT2D eigenvalue weighted by Gasteiger charge is 2.23. The number of likely N-dealkylation sites (N-methyl/N-ethyl adjacent to an activating group) is 1. The minimum absolute atomic E-state index is 0.119. The van der Waals surface area contributed by atoms with Gasteiger partial charge in [-0.2, -0.15) is 8.78 Å². The van der Waals surface area contributed by atoms with Crippen LogP contribution < -0.4 is 9.47 Å². The van der Waals surface area contributed by atoms with E-state index in [1.165, 1.54) is 12.1 Å². The van der Waals surface area contributed by atoms with Crippen LogP contribution in [0.5, 0.6) is 11.5 Å². The van der Waals surface area contributed by atoms with Crippen LogP contribution in [0.2, 0.25) is 0 Å². The number of methoxy groups -OCH3 is 1. The monoisotopic (exact) mass is 367 g/mol. The van der Waals surface area contributed by atoms with Gasteiger partial charge in [0.1, 0.15) is 23.7 Å². The Balaban J connectivity index is 3.13. The predicted octanol–water partition coefficient (Wildman–Crippen LogP) is 2.78. The molecule has 21 heavy (non-hydrogen) atoms. The van der Waals surface area contributed by atoms with Crippen molar-refractivity contribution >= 4 is 21.9 Å². The van der Waals surface area contributed by atoms with Gasteiger partial charge in [-0.3, -0.25) is 0 Å². The molecule has 118 valence electrons. The number of nitrogens with zero attached hydrogens (tertiary/aromatic N) is 1. The second kappa shape index (κ2) is 8.14. The van der Waals surface area contributed by atoms with Gasteiger partial charge >= 0.3 is 12.6 Å². The van der Waals surface area contributed by atoms with Crippen LogP contribution in [0.3, 0.4) is 0 Å². The molecule has 0 fully saturated rings. The third kappa shape index (κ3) is 5.47. The van der Waals surface area contributed by atoms with Crippen LogP contribution in [-0.2, 0) is 4.74 Å². The van der Waals surface area contributed by atoms with Gasteiger partial charge in [0.05, 0.1) is 7.11 Å². The Hall–Kier alpha value is -1.41. The van der Waals surface area contributed by atoms with Crippen LogP contribution in [-0.4, -0.2) is 51.8 Å². The lowest BCUT2D eigenvalue weighted by Crippen LogP contribution is -2.20. The first kappa shape index (κ1) is 17.6. The van der Waals surface area contributed by atoms with Crippen LogP contribution in [0.25, 0.3) is 0 Å². The van der Waals surface area contributed by atoms with Gasteiger partial charge in [-0.05, 0) is 26.2 Å². The first-order valence-electron chi connectivity index (χ1n) is 5.99. The summed E-state index contributed by atoms with van der Waals surface area (Å²) in [6, 6.07) is 2.76. The molecule has 0 aromatic heterocycles. The van der Waals surface area contributed by atoms with Gasteiger partial charge in [-0.1, -0.05) is 15.9 Å². The Morgan fingerprint density at radius 1 is 1.33 bits per heavy atom. The zero-order chi connectivity index (χ0) is 16.0. The molecule has 1 aromatic rings. The summed E-state index contributed by atoms with van der Waals surface area (Å²) in [7, 11) is 4.87. The summed E-state index contributed by atoms with van der Waals surface area (Å²) in [6.45, 7) is -2.18. The van der Waals surface area contributed by atoms with E-state index in [1.54, 1.807) is 0 Å². The van der Waals surface area contributed by atoms with Crippen LogP contribution in [0, 0.1) is 0 Å². The summed E-state index contributed by atoms with van der Waals surface area (Å²) in [6.07, 6.45) is 0. The van der Waals surface area contributed by atoms with Gasteiger partial charge in [0.15, 0.2) is 0 Å². The highest BCUT2D eigenvalue weighted by atomic mass is 79.9. The summed E-state index contributed by atoms with van der Waals surface area (Å²) in [5.41, 5.74) is -0.167. The molecule has 0 aliphatic rings. The summed E-state index contributed by atoms with van der Waals surface area (Å²) >= 11 is 3.16. The molecule has 0 aliphatic heterocycles. The highest BCUT2D eigenvalue weighted by molar-refractivity contribution is 9.10. The fourth-order valence-electron chi connectivity index (χ4n) is 1.50. The zero-order valence-electron chi connectivity index (χ0n) is 11.9. The molecule has 0 saturated carbocycles. The number of rotatable bonds is 7. The summed E-state index contributed by atoms with van der Waals surface area (Å²) in [5.74, 6) is -0.988. The van der Waals surface area contributed by atoms with E-state index in [4.69, 9.17) is 4.74 Å². The summed E-state index contributed by atoms with van der Waals surface area (Å²) in [4.78, 5) is 13.7. The molecule has 0 radical (unpaired) electrons. The fraction of sp³-hybridized carbons (Fsp3) is 0.462. The van der Waals surface area contributed by atoms with Gasteiger partial charge in [0, 0.05) is 11.0 Å². The molecule has 0 aliphatic carbocycles. The molecule has 1 rings (SSSR count). The zero-order valence-corrected chi connectivity index (χ0v) is 13.4. The largest absolute Gasteiger partial charge is 0.491 e. The second-order valence-corrected chi connectivity index (χ2v) is 5.21. The van der Waals surface area contributed by atoms with Crippen molar-refractivity contribution in [2.75, 3.05) is 34.4 Å².